The summed E-state index contributed by atoms with van der Waals surface area (Å²) in [6.07, 6.45) is -0.430. The molecule has 1 saturated heterocycles. The quantitative estimate of drug-likeness (QED) is 0.677. The number of esters is 1. The van der Waals surface area contributed by atoms with Crippen LogP contribution in [0.5, 0.6) is 0 Å². The Labute approximate surface area is 108 Å². The third kappa shape index (κ3) is 3.37. The zero-order chi connectivity index (χ0) is 14.1. The monoisotopic (exact) mass is 257 g/mol. The lowest BCUT2D eigenvalue weighted by molar-refractivity contribution is -0.168. The first-order chi connectivity index (χ1) is 8.13. The maximum absolute atomic E-state index is 12.1. The fourth-order valence-electron chi connectivity index (χ4n) is 2.19. The van der Waals surface area contributed by atoms with E-state index in [1.807, 2.05) is 34.6 Å². The zero-order valence-electron chi connectivity index (χ0n) is 12.0. The van der Waals surface area contributed by atoms with Crippen LogP contribution in [0.15, 0.2) is 0 Å². The summed E-state index contributed by atoms with van der Waals surface area (Å²) in [5, 5.41) is 0. The van der Waals surface area contributed by atoms with E-state index in [1.165, 1.54) is 4.90 Å². The molecule has 0 radical (unpaired) electrons. The Kier molecular flexibility index (Phi) is 4.24. The highest BCUT2D eigenvalue weighted by Crippen LogP contribution is 2.26. The predicted molar refractivity (Wildman–Crippen MR) is 66.8 cm³/mol. The fourth-order valence-corrected chi connectivity index (χ4v) is 2.19. The Hall–Kier alpha value is -1.26. The van der Waals surface area contributed by atoms with Crippen molar-refractivity contribution >= 4 is 12.1 Å². The number of hydrogen-bond donors (Lipinski definition) is 0. The van der Waals surface area contributed by atoms with Crippen LogP contribution in [0.4, 0.5) is 4.79 Å². The second-order valence-corrected chi connectivity index (χ2v) is 6.07. The average molecular weight is 257 g/mol. The van der Waals surface area contributed by atoms with Crippen molar-refractivity contribution in [2.45, 2.75) is 53.2 Å². The van der Waals surface area contributed by atoms with Crippen LogP contribution in [0.25, 0.3) is 0 Å². The fraction of sp³-hybridized carbons (Fsp3) is 0.846. The molecule has 0 aliphatic carbocycles. The van der Waals surface area contributed by atoms with Crippen LogP contribution >= 0.6 is 0 Å². The van der Waals surface area contributed by atoms with E-state index in [-0.39, 0.29) is 30.6 Å². The summed E-state index contributed by atoms with van der Waals surface area (Å²) in [6, 6.07) is -0.180. The second kappa shape index (κ2) is 5.16. The van der Waals surface area contributed by atoms with Gasteiger partial charge >= 0.3 is 12.1 Å². The normalized spacial score (nSPS) is 25.1. The largest absolute Gasteiger partial charge is 0.444 e. The molecule has 18 heavy (non-hydrogen) atoms. The summed E-state index contributed by atoms with van der Waals surface area (Å²) in [7, 11) is 0. The molecule has 0 aromatic carbocycles. The van der Waals surface area contributed by atoms with Gasteiger partial charge in [0.1, 0.15) is 5.60 Å². The summed E-state index contributed by atoms with van der Waals surface area (Å²) >= 11 is 0. The van der Waals surface area contributed by atoms with Gasteiger partial charge in [0.25, 0.3) is 0 Å². The van der Waals surface area contributed by atoms with Crippen molar-refractivity contribution in [1.29, 1.82) is 0 Å². The van der Waals surface area contributed by atoms with E-state index in [4.69, 9.17) is 9.47 Å². The summed E-state index contributed by atoms with van der Waals surface area (Å²) in [4.78, 5) is 25.2. The van der Waals surface area contributed by atoms with E-state index in [1.54, 1.807) is 6.92 Å². The molecular formula is C13H23NO4. The number of cyclic esters (lactones) is 1. The van der Waals surface area contributed by atoms with Crippen molar-refractivity contribution in [3.8, 4) is 0 Å². The molecule has 104 valence electrons. The lowest BCUT2D eigenvalue weighted by Crippen LogP contribution is -2.55. The minimum absolute atomic E-state index is 0.0269. The molecule has 0 aromatic heterocycles. The van der Waals surface area contributed by atoms with E-state index < -0.39 is 11.7 Å². The molecule has 0 aromatic rings. The molecule has 5 nitrogen and oxygen atoms in total. The molecule has 1 rings (SSSR count). The van der Waals surface area contributed by atoms with E-state index in [2.05, 4.69) is 0 Å². The molecule has 1 amide bonds. The lowest BCUT2D eigenvalue weighted by Gasteiger charge is -2.41. The van der Waals surface area contributed by atoms with Crippen LogP contribution in [-0.2, 0) is 14.3 Å². The van der Waals surface area contributed by atoms with Gasteiger partial charge in [0.05, 0.1) is 12.0 Å². The molecule has 5 heteroatoms. The molecule has 0 saturated carbocycles. The van der Waals surface area contributed by atoms with Gasteiger partial charge in [0, 0.05) is 0 Å². The molecule has 2 atom stereocenters. The standard InChI is InChI=1S/C13H23NO4/c1-8(2)10-9(3)11(15)17-7-14(10)12(16)18-13(4,5)6/h8-10H,7H2,1-6H3/t9-,10-/m0/s1. The van der Waals surface area contributed by atoms with Crippen molar-refractivity contribution in [2.24, 2.45) is 11.8 Å². The van der Waals surface area contributed by atoms with Gasteiger partial charge in [-0.2, -0.15) is 0 Å². The van der Waals surface area contributed by atoms with Gasteiger partial charge < -0.3 is 9.47 Å². The topological polar surface area (TPSA) is 55.8 Å². The number of carbonyl (C=O) groups is 2. The maximum atomic E-state index is 12.1. The Bertz CT molecular complexity index is 332. The minimum Gasteiger partial charge on any atom is -0.444 e. The number of carbonyl (C=O) groups excluding carboxylic acids is 2. The van der Waals surface area contributed by atoms with E-state index in [0.29, 0.717) is 0 Å². The van der Waals surface area contributed by atoms with Gasteiger partial charge in [0.15, 0.2) is 6.73 Å². The summed E-state index contributed by atoms with van der Waals surface area (Å²) < 4.78 is 10.3. The molecule has 0 spiro atoms. The number of nitrogens with zero attached hydrogens (tertiary/aromatic N) is 1. The molecule has 1 aliphatic rings. The highest BCUT2D eigenvalue weighted by Gasteiger charge is 2.41. The van der Waals surface area contributed by atoms with Crippen molar-refractivity contribution in [2.75, 3.05) is 6.73 Å². The van der Waals surface area contributed by atoms with Crippen molar-refractivity contribution in [3.63, 3.8) is 0 Å². The number of amides is 1. The summed E-state index contributed by atoms with van der Waals surface area (Å²) in [5.41, 5.74) is -0.552. The molecule has 0 N–H and O–H groups in total. The van der Waals surface area contributed by atoms with Crippen LogP contribution in [0.3, 0.4) is 0 Å². The van der Waals surface area contributed by atoms with Gasteiger partial charge in [-0.15, -0.1) is 0 Å². The molecule has 1 heterocycles. The molecule has 0 bridgehead atoms. The molecule has 1 aliphatic heterocycles. The minimum atomic E-state index is -0.552. The number of rotatable bonds is 1. The third-order valence-electron chi connectivity index (χ3n) is 2.90. The number of hydrogen-bond acceptors (Lipinski definition) is 4. The van der Waals surface area contributed by atoms with Crippen LogP contribution in [0, 0.1) is 11.8 Å². The zero-order valence-corrected chi connectivity index (χ0v) is 12.0. The highest BCUT2D eigenvalue weighted by atomic mass is 16.6. The van der Waals surface area contributed by atoms with Gasteiger partial charge in [-0.1, -0.05) is 13.8 Å². The van der Waals surface area contributed by atoms with Crippen LogP contribution in [0.1, 0.15) is 41.5 Å². The van der Waals surface area contributed by atoms with Gasteiger partial charge in [-0.25, -0.2) is 4.79 Å². The first-order valence-electron chi connectivity index (χ1n) is 6.29. The van der Waals surface area contributed by atoms with Crippen molar-refractivity contribution in [1.82, 2.24) is 4.90 Å². The maximum Gasteiger partial charge on any atom is 0.413 e. The smallest absolute Gasteiger partial charge is 0.413 e. The summed E-state index contributed by atoms with van der Waals surface area (Å²) in [5.74, 6) is -0.417. The average Bonchev–Trinajstić information content (AvgIpc) is 2.18. The van der Waals surface area contributed by atoms with E-state index in [0.717, 1.165) is 0 Å². The molecule has 1 fully saturated rings. The molecular weight excluding hydrogens is 234 g/mol. The highest BCUT2D eigenvalue weighted by molar-refractivity contribution is 5.77. The van der Waals surface area contributed by atoms with Crippen LogP contribution < -0.4 is 0 Å². The van der Waals surface area contributed by atoms with Gasteiger partial charge in [-0.05, 0) is 33.6 Å². The van der Waals surface area contributed by atoms with Crippen LogP contribution in [0.2, 0.25) is 0 Å². The van der Waals surface area contributed by atoms with Gasteiger partial charge in [0.2, 0.25) is 0 Å². The Morgan fingerprint density at radius 3 is 2.44 bits per heavy atom. The Balaban J connectivity index is 2.85. The SMILES string of the molecule is CC(C)[C@H]1[C@H](C)C(=O)OCN1C(=O)OC(C)(C)C. The molecule has 0 unspecified atom stereocenters. The summed E-state index contributed by atoms with van der Waals surface area (Å²) in [6.45, 7) is 11.2. The Morgan fingerprint density at radius 2 is 2.00 bits per heavy atom. The second-order valence-electron chi connectivity index (χ2n) is 6.07. The number of ether oxygens (including phenoxy) is 2. The predicted octanol–water partition coefficient (Wildman–Crippen LogP) is 2.40. The Morgan fingerprint density at radius 1 is 1.44 bits per heavy atom. The van der Waals surface area contributed by atoms with E-state index in [9.17, 15) is 9.59 Å². The lowest BCUT2D eigenvalue weighted by atomic mass is 9.90. The third-order valence-corrected chi connectivity index (χ3v) is 2.90. The van der Waals surface area contributed by atoms with Crippen molar-refractivity contribution in [3.05, 3.63) is 0 Å². The first kappa shape index (κ1) is 14.8. The van der Waals surface area contributed by atoms with Gasteiger partial charge in [-0.3, -0.25) is 9.69 Å². The first-order valence-corrected chi connectivity index (χ1v) is 6.29. The van der Waals surface area contributed by atoms with Crippen LogP contribution in [-0.4, -0.2) is 35.3 Å². The van der Waals surface area contributed by atoms with E-state index >= 15 is 0 Å². The van der Waals surface area contributed by atoms with Crippen molar-refractivity contribution < 1.29 is 19.1 Å².